The monoisotopic (exact) mass is 182 g/mol. The Bertz CT molecular complexity index is 136. The van der Waals surface area contributed by atoms with Crippen LogP contribution >= 0.6 is 12.6 Å². The standard InChI is InChI=1S/C3H7NO2S.CH3NO2/c4-2(1-7)3(5)6;2-1(3)4/h2,7H,1,4H2,(H,5,6);2H2,(H,3,4)/t2-;/m0./s1. The maximum absolute atomic E-state index is 9.76. The number of primary amides is 1. The van der Waals surface area contributed by atoms with Crippen LogP contribution < -0.4 is 11.5 Å². The van der Waals surface area contributed by atoms with Gasteiger partial charge in [0.2, 0.25) is 0 Å². The molecule has 1 amide bonds. The van der Waals surface area contributed by atoms with Crippen molar-refractivity contribution >= 4 is 24.7 Å². The lowest BCUT2D eigenvalue weighted by atomic mass is 10.4. The molecule has 66 valence electrons. The van der Waals surface area contributed by atoms with E-state index in [1.54, 1.807) is 0 Å². The molecule has 0 bridgehead atoms. The molecule has 0 aromatic carbocycles. The molecule has 0 aromatic rings. The third-order valence-corrected chi connectivity index (χ3v) is 0.907. The van der Waals surface area contributed by atoms with Crippen LogP contribution in [-0.4, -0.2) is 34.1 Å². The van der Waals surface area contributed by atoms with Crippen molar-refractivity contribution < 1.29 is 19.8 Å². The van der Waals surface area contributed by atoms with Gasteiger partial charge in [-0.25, -0.2) is 4.79 Å². The number of carbonyl (C=O) groups is 2. The van der Waals surface area contributed by atoms with E-state index in [0.717, 1.165) is 0 Å². The molecular weight excluding hydrogens is 172 g/mol. The lowest BCUT2D eigenvalue weighted by Crippen LogP contribution is -2.31. The molecule has 0 aromatic heterocycles. The normalized spacial score (nSPS) is 10.7. The molecule has 1 atom stereocenters. The van der Waals surface area contributed by atoms with Gasteiger partial charge >= 0.3 is 12.1 Å². The third-order valence-electron chi connectivity index (χ3n) is 0.514. The minimum absolute atomic E-state index is 0.190. The average molecular weight is 182 g/mol. The van der Waals surface area contributed by atoms with Gasteiger partial charge in [0, 0.05) is 5.75 Å². The van der Waals surface area contributed by atoms with Gasteiger partial charge in [-0.05, 0) is 0 Å². The number of rotatable bonds is 2. The van der Waals surface area contributed by atoms with Gasteiger partial charge in [-0.15, -0.1) is 0 Å². The van der Waals surface area contributed by atoms with Crippen molar-refractivity contribution in [3.05, 3.63) is 0 Å². The number of aliphatic carboxylic acids is 1. The predicted molar refractivity (Wildman–Crippen MR) is 41.7 cm³/mol. The van der Waals surface area contributed by atoms with Crippen molar-refractivity contribution in [2.75, 3.05) is 5.75 Å². The second-order valence-electron chi connectivity index (χ2n) is 1.47. The summed E-state index contributed by atoms with van der Waals surface area (Å²) in [7, 11) is 0. The Kier molecular flexibility index (Phi) is 8.27. The highest BCUT2D eigenvalue weighted by Crippen LogP contribution is 1.80. The zero-order valence-electron chi connectivity index (χ0n) is 5.60. The lowest BCUT2D eigenvalue weighted by Gasteiger charge is -1.96. The van der Waals surface area contributed by atoms with E-state index >= 15 is 0 Å². The first kappa shape index (κ1) is 12.7. The first-order valence-electron chi connectivity index (χ1n) is 2.49. The predicted octanol–water partition coefficient (Wildman–Crippen LogP) is -1.05. The summed E-state index contributed by atoms with van der Waals surface area (Å²) in [6, 6.07) is -0.816. The Morgan fingerprint density at radius 2 is 1.73 bits per heavy atom. The fourth-order valence-corrected chi connectivity index (χ4v) is 0.234. The maximum Gasteiger partial charge on any atom is 0.402 e. The molecule has 0 saturated heterocycles. The number of thiol groups is 1. The summed E-state index contributed by atoms with van der Waals surface area (Å²) in [6.07, 6.45) is -1.33. The lowest BCUT2D eigenvalue weighted by molar-refractivity contribution is -0.137. The minimum Gasteiger partial charge on any atom is -0.480 e. The maximum atomic E-state index is 9.76. The molecule has 0 radical (unpaired) electrons. The van der Waals surface area contributed by atoms with E-state index in [1.807, 2.05) is 0 Å². The SMILES string of the molecule is NC(=O)O.N[C@@H](CS)C(=O)O. The molecule has 0 rings (SSSR count). The smallest absolute Gasteiger partial charge is 0.402 e. The molecule has 0 aliphatic carbocycles. The fraction of sp³-hybridized carbons (Fsp3) is 0.500. The minimum atomic E-state index is -1.33. The molecule has 7 heteroatoms. The molecular formula is C4H10N2O4S. The molecule has 0 heterocycles. The van der Waals surface area contributed by atoms with Crippen LogP contribution in [0.15, 0.2) is 0 Å². The van der Waals surface area contributed by atoms with Gasteiger partial charge in [0.1, 0.15) is 6.04 Å². The summed E-state index contributed by atoms with van der Waals surface area (Å²) < 4.78 is 0. The summed E-state index contributed by atoms with van der Waals surface area (Å²) in [5.41, 5.74) is 8.97. The average Bonchev–Trinajstić information content (AvgIpc) is 1.85. The van der Waals surface area contributed by atoms with Crippen LogP contribution in [0.4, 0.5) is 4.79 Å². The fourth-order valence-electron chi connectivity index (χ4n) is 0.0781. The first-order chi connectivity index (χ1) is 4.91. The quantitative estimate of drug-likeness (QED) is 0.348. The summed E-state index contributed by atoms with van der Waals surface area (Å²) in [5, 5.41) is 15.2. The van der Waals surface area contributed by atoms with Crippen molar-refractivity contribution in [3.63, 3.8) is 0 Å². The zero-order valence-corrected chi connectivity index (χ0v) is 6.49. The highest BCUT2D eigenvalue weighted by atomic mass is 32.1. The molecule has 0 unspecified atom stereocenters. The van der Waals surface area contributed by atoms with Crippen LogP contribution in [0.5, 0.6) is 0 Å². The molecule has 0 fully saturated rings. The molecule has 6 N–H and O–H groups in total. The Balaban J connectivity index is 0. The molecule has 0 aliphatic heterocycles. The molecule has 6 nitrogen and oxygen atoms in total. The largest absolute Gasteiger partial charge is 0.480 e. The highest BCUT2D eigenvalue weighted by molar-refractivity contribution is 7.80. The topological polar surface area (TPSA) is 127 Å². The molecule has 0 aliphatic rings. The van der Waals surface area contributed by atoms with Crippen LogP contribution in [0.1, 0.15) is 0 Å². The van der Waals surface area contributed by atoms with Gasteiger partial charge in [0.15, 0.2) is 0 Å². The first-order valence-corrected chi connectivity index (χ1v) is 3.12. The highest BCUT2D eigenvalue weighted by Gasteiger charge is 2.06. The number of hydrogen-bond donors (Lipinski definition) is 5. The Morgan fingerprint density at radius 1 is 1.45 bits per heavy atom. The summed E-state index contributed by atoms with van der Waals surface area (Å²) in [6.45, 7) is 0. The van der Waals surface area contributed by atoms with E-state index < -0.39 is 18.1 Å². The van der Waals surface area contributed by atoms with Gasteiger partial charge in [-0.1, -0.05) is 0 Å². The zero-order chi connectivity index (χ0) is 9.44. The summed E-state index contributed by atoms with van der Waals surface area (Å²) >= 11 is 3.65. The van der Waals surface area contributed by atoms with E-state index in [-0.39, 0.29) is 5.75 Å². The van der Waals surface area contributed by atoms with Crippen LogP contribution in [0, 0.1) is 0 Å². The number of nitrogens with two attached hydrogens (primary N) is 2. The van der Waals surface area contributed by atoms with Gasteiger partial charge in [-0.2, -0.15) is 12.6 Å². The van der Waals surface area contributed by atoms with Crippen molar-refractivity contribution in [2.24, 2.45) is 11.5 Å². The van der Waals surface area contributed by atoms with Crippen molar-refractivity contribution in [1.82, 2.24) is 0 Å². The summed E-state index contributed by atoms with van der Waals surface area (Å²) in [4.78, 5) is 18.5. The Morgan fingerprint density at radius 3 is 1.73 bits per heavy atom. The van der Waals surface area contributed by atoms with E-state index in [4.69, 9.17) is 20.7 Å². The molecule has 0 saturated carbocycles. The van der Waals surface area contributed by atoms with Gasteiger partial charge in [0.25, 0.3) is 0 Å². The van der Waals surface area contributed by atoms with E-state index in [1.165, 1.54) is 0 Å². The molecule has 0 spiro atoms. The van der Waals surface area contributed by atoms with Gasteiger partial charge < -0.3 is 21.7 Å². The van der Waals surface area contributed by atoms with Crippen molar-refractivity contribution in [3.8, 4) is 0 Å². The van der Waals surface area contributed by atoms with Gasteiger partial charge in [0.05, 0.1) is 0 Å². The number of carboxylic acid groups (broad SMARTS) is 2. The third kappa shape index (κ3) is 17.6. The van der Waals surface area contributed by atoms with E-state index in [2.05, 4.69) is 18.4 Å². The van der Waals surface area contributed by atoms with Crippen LogP contribution in [0.2, 0.25) is 0 Å². The van der Waals surface area contributed by atoms with Crippen LogP contribution in [-0.2, 0) is 4.79 Å². The number of carboxylic acids is 1. The Hall–Kier alpha value is -0.950. The molecule has 11 heavy (non-hydrogen) atoms. The van der Waals surface area contributed by atoms with Gasteiger partial charge in [-0.3, -0.25) is 4.79 Å². The van der Waals surface area contributed by atoms with E-state index in [0.29, 0.717) is 0 Å². The second kappa shape index (κ2) is 7.16. The number of amides is 1. The van der Waals surface area contributed by atoms with Crippen LogP contribution in [0.3, 0.4) is 0 Å². The van der Waals surface area contributed by atoms with Crippen molar-refractivity contribution in [1.29, 1.82) is 0 Å². The number of hydrogen-bond acceptors (Lipinski definition) is 4. The second-order valence-corrected chi connectivity index (χ2v) is 1.83. The Labute approximate surface area is 68.6 Å². The van der Waals surface area contributed by atoms with Crippen LogP contribution in [0.25, 0.3) is 0 Å². The summed E-state index contributed by atoms with van der Waals surface area (Å²) in [5.74, 6) is -0.815. The van der Waals surface area contributed by atoms with Crippen molar-refractivity contribution in [2.45, 2.75) is 6.04 Å². The van der Waals surface area contributed by atoms with E-state index in [9.17, 15) is 4.79 Å².